The van der Waals surface area contributed by atoms with Crippen LogP contribution in [0.3, 0.4) is 0 Å². The van der Waals surface area contributed by atoms with E-state index >= 15 is 0 Å². The molecular formula is C34H27Cl2F9N8O4. The second kappa shape index (κ2) is 18.5. The van der Waals surface area contributed by atoms with Gasteiger partial charge in [-0.15, -0.1) is 0 Å². The molecule has 0 radical (unpaired) electrons. The van der Waals surface area contributed by atoms with Gasteiger partial charge in [-0.2, -0.15) is 44.5 Å². The minimum atomic E-state index is -5.77. The van der Waals surface area contributed by atoms with Crippen LogP contribution in [-0.2, 0) is 27.2 Å². The lowest BCUT2D eigenvalue weighted by Gasteiger charge is -2.36. The Morgan fingerprint density at radius 2 is 1.37 bits per heavy atom. The first-order chi connectivity index (χ1) is 26.6. The second-order valence-corrected chi connectivity index (χ2v) is 12.6. The summed E-state index contributed by atoms with van der Waals surface area (Å²) in [4.78, 5) is 58.5. The van der Waals surface area contributed by atoms with E-state index in [1.165, 1.54) is 0 Å². The van der Waals surface area contributed by atoms with Gasteiger partial charge in [-0.1, -0.05) is 23.2 Å². The molecule has 4 heterocycles. The smallest absolute Gasteiger partial charge is 0.368 e. The Hall–Kier alpha value is -5.70. The molecule has 0 spiro atoms. The number of hydrogen-bond donors (Lipinski definition) is 3. The Morgan fingerprint density at radius 1 is 0.754 bits per heavy atom. The van der Waals surface area contributed by atoms with Crippen LogP contribution in [0.5, 0.6) is 0 Å². The van der Waals surface area contributed by atoms with E-state index in [0.29, 0.717) is 41.3 Å². The lowest BCUT2D eigenvalue weighted by Crippen LogP contribution is -2.50. The van der Waals surface area contributed by atoms with Gasteiger partial charge in [-0.3, -0.25) is 19.4 Å². The van der Waals surface area contributed by atoms with E-state index in [2.05, 4.69) is 35.8 Å². The highest BCUT2D eigenvalue weighted by atomic mass is 35.5. The quantitative estimate of drug-likeness (QED) is 0.105. The van der Waals surface area contributed by atoms with Gasteiger partial charge in [0.25, 0.3) is 0 Å². The Labute approximate surface area is 326 Å². The van der Waals surface area contributed by atoms with E-state index in [9.17, 15) is 53.9 Å². The lowest BCUT2D eigenvalue weighted by atomic mass is 10.0. The number of anilines is 6. The van der Waals surface area contributed by atoms with Crippen LogP contribution in [0.15, 0.2) is 67.1 Å². The minimum Gasteiger partial charge on any atom is -0.368 e. The molecule has 4 aromatic rings. The number of aldehydes is 1. The third kappa shape index (κ3) is 13.2. The van der Waals surface area contributed by atoms with E-state index < -0.39 is 36.4 Å². The molecule has 2 aliphatic heterocycles. The molecule has 1 saturated heterocycles. The van der Waals surface area contributed by atoms with Gasteiger partial charge in [0.15, 0.2) is 5.82 Å². The average Bonchev–Trinajstić information content (AvgIpc) is 3.15. The van der Waals surface area contributed by atoms with Crippen LogP contribution in [0.2, 0.25) is 10.0 Å². The van der Waals surface area contributed by atoms with Gasteiger partial charge in [0.05, 0.1) is 18.1 Å². The zero-order valence-corrected chi connectivity index (χ0v) is 30.2. The SMILES string of the molecule is O=C(C(=O)C(F)(F)F)C(F)(F)F.O=C(Nc1ccc2cc1CCc1cncc(c1)Nc1ncc(Cl)c(n1)N2)N1CCN(c2ccc(Cl)cc2)CC1.O=CC(F)(F)F. The number of amides is 2. The standard InChI is InChI=1S/C28H26Cl2N8O.C4F6O2.C2HF3O/c29-20-3-6-23(7-4-20)37-9-11-38(12-10-37)28(39)35-25-8-5-21-14-19(25)2-1-18-13-22(16-31-15-18)34-27-32-17-24(30)26(33-21)36-27;5-3(6,7)1(11)2(12)4(8,9)10;3-2(4,5)1-6/h3-8,13-17H,1-2,9-12H2,(H,35,39)(H2,32,33,34,36);;1H. The molecule has 0 aliphatic carbocycles. The molecule has 0 saturated carbocycles. The van der Waals surface area contributed by atoms with Crippen LogP contribution in [0.25, 0.3) is 0 Å². The van der Waals surface area contributed by atoms with E-state index in [1.807, 2.05) is 59.6 Å². The van der Waals surface area contributed by atoms with Gasteiger partial charge in [0.1, 0.15) is 5.02 Å². The number of carbonyl (C=O) groups is 4. The van der Waals surface area contributed by atoms with Crippen LogP contribution in [0.1, 0.15) is 11.1 Å². The molecule has 23 heteroatoms. The maximum Gasteiger partial charge on any atom is 0.458 e. The van der Waals surface area contributed by atoms with E-state index in [0.717, 1.165) is 53.4 Å². The predicted molar refractivity (Wildman–Crippen MR) is 190 cm³/mol. The Bertz CT molecular complexity index is 2050. The van der Waals surface area contributed by atoms with Crippen molar-refractivity contribution in [2.45, 2.75) is 31.4 Å². The fourth-order valence-electron chi connectivity index (χ4n) is 5.02. The summed E-state index contributed by atoms with van der Waals surface area (Å²) in [6.07, 6.45) is -10.7. The summed E-state index contributed by atoms with van der Waals surface area (Å²) in [5, 5.41) is 10.7. The molecule has 6 rings (SSSR count). The molecule has 57 heavy (non-hydrogen) atoms. The number of nitrogens with one attached hydrogen (secondary N) is 3. The number of carbonyl (C=O) groups excluding carboxylic acids is 4. The van der Waals surface area contributed by atoms with Gasteiger partial charge < -0.3 is 25.8 Å². The lowest BCUT2D eigenvalue weighted by molar-refractivity contribution is -0.193. The molecule has 2 amide bonds. The number of hydrogen-bond acceptors (Lipinski definition) is 10. The van der Waals surface area contributed by atoms with Gasteiger partial charge in [-0.05, 0) is 72.5 Å². The number of aryl methyl sites for hydroxylation is 2. The molecule has 304 valence electrons. The number of fused-ring (bicyclic) bond motifs is 6. The molecule has 0 atom stereocenters. The highest BCUT2D eigenvalue weighted by molar-refractivity contribution is 6.41. The van der Waals surface area contributed by atoms with Crippen molar-refractivity contribution in [2.75, 3.05) is 47.0 Å². The van der Waals surface area contributed by atoms with Crippen molar-refractivity contribution in [1.82, 2.24) is 19.9 Å². The van der Waals surface area contributed by atoms with Crippen LogP contribution in [0, 0.1) is 0 Å². The topological polar surface area (TPSA) is 150 Å². The van der Waals surface area contributed by atoms with Gasteiger partial charge in [0.2, 0.25) is 12.2 Å². The number of aromatic nitrogens is 3. The summed E-state index contributed by atoms with van der Waals surface area (Å²) < 4.78 is 98.2. The molecule has 1 fully saturated rings. The van der Waals surface area contributed by atoms with Crippen molar-refractivity contribution < 1.29 is 58.7 Å². The average molecular weight is 854 g/mol. The zero-order valence-electron chi connectivity index (χ0n) is 28.7. The Balaban J connectivity index is 0.000000334. The van der Waals surface area contributed by atoms with Crippen molar-refractivity contribution in [3.05, 3.63) is 88.3 Å². The molecule has 2 aromatic heterocycles. The number of nitrogens with zero attached hydrogens (tertiary/aromatic N) is 5. The van der Waals surface area contributed by atoms with Gasteiger partial charge >= 0.3 is 36.1 Å². The van der Waals surface area contributed by atoms with E-state index in [-0.39, 0.29) is 6.03 Å². The number of urea groups is 1. The van der Waals surface area contributed by atoms with E-state index in [4.69, 9.17) is 28.0 Å². The zero-order chi connectivity index (χ0) is 42.1. The highest BCUT2D eigenvalue weighted by Gasteiger charge is 2.54. The van der Waals surface area contributed by atoms with Crippen molar-refractivity contribution in [3.63, 3.8) is 0 Å². The molecule has 6 bridgehead atoms. The second-order valence-electron chi connectivity index (χ2n) is 11.8. The molecule has 12 nitrogen and oxygen atoms in total. The highest BCUT2D eigenvalue weighted by Crippen LogP contribution is 2.30. The summed E-state index contributed by atoms with van der Waals surface area (Å²) in [5.74, 6) is -5.91. The number of alkyl halides is 9. The number of ketones is 2. The number of Topliss-reactive ketones (excluding diaryl/α,β-unsaturated/α-hetero) is 2. The normalized spacial score (nSPS) is 13.9. The summed E-state index contributed by atoms with van der Waals surface area (Å²) in [6, 6.07) is 15.6. The van der Waals surface area contributed by atoms with Gasteiger partial charge in [0, 0.05) is 54.5 Å². The molecule has 2 aliphatic rings. The first kappa shape index (κ1) is 44.0. The van der Waals surface area contributed by atoms with Crippen molar-refractivity contribution in [1.29, 1.82) is 0 Å². The Kier molecular flexibility index (Phi) is 14.3. The summed E-state index contributed by atoms with van der Waals surface area (Å²) in [6.45, 7) is 2.76. The number of rotatable bonds is 3. The van der Waals surface area contributed by atoms with Gasteiger partial charge in [-0.25, -0.2) is 9.78 Å². The summed E-state index contributed by atoms with van der Waals surface area (Å²) in [5.41, 5.74) is 5.54. The van der Waals surface area contributed by atoms with Crippen LogP contribution < -0.4 is 20.9 Å². The fourth-order valence-corrected chi connectivity index (χ4v) is 5.29. The van der Waals surface area contributed by atoms with Crippen molar-refractivity contribution >= 4 is 81.6 Å². The van der Waals surface area contributed by atoms with E-state index in [1.54, 1.807) is 12.4 Å². The maximum atomic E-state index is 13.3. The minimum absolute atomic E-state index is 0.109. The third-order valence-electron chi connectivity index (χ3n) is 7.70. The van der Waals surface area contributed by atoms with Crippen LogP contribution in [-0.4, -0.2) is 88.4 Å². The largest absolute Gasteiger partial charge is 0.458 e. The number of piperazine rings is 1. The third-order valence-corrected chi connectivity index (χ3v) is 8.23. The predicted octanol–water partition coefficient (Wildman–Crippen LogP) is 8.12. The first-order valence-corrected chi connectivity index (χ1v) is 16.8. The number of halogens is 11. The van der Waals surface area contributed by atoms with Crippen LogP contribution in [0.4, 0.5) is 78.8 Å². The first-order valence-electron chi connectivity index (χ1n) is 16.1. The number of pyridine rings is 1. The summed E-state index contributed by atoms with van der Waals surface area (Å²) >= 11 is 12.4. The number of benzene rings is 2. The molecule has 0 unspecified atom stereocenters. The monoisotopic (exact) mass is 852 g/mol. The Morgan fingerprint density at radius 3 is 1.95 bits per heavy atom. The summed E-state index contributed by atoms with van der Waals surface area (Å²) in [7, 11) is 0. The fraction of sp³-hybridized carbons (Fsp3) is 0.265. The molecule has 2 aromatic carbocycles. The van der Waals surface area contributed by atoms with Crippen molar-refractivity contribution in [2.24, 2.45) is 0 Å². The maximum absolute atomic E-state index is 13.3. The van der Waals surface area contributed by atoms with Crippen LogP contribution >= 0.6 is 23.2 Å². The molecule has 3 N–H and O–H groups in total. The van der Waals surface area contributed by atoms with Crippen molar-refractivity contribution in [3.8, 4) is 0 Å². The molecular weight excluding hydrogens is 826 g/mol.